The van der Waals surface area contributed by atoms with Crippen LogP contribution in [0.2, 0.25) is 0 Å². The molecule has 0 bridgehead atoms. The minimum Gasteiger partial charge on any atom is -0.457 e. The van der Waals surface area contributed by atoms with Crippen LogP contribution in [0.3, 0.4) is 0 Å². The van der Waals surface area contributed by atoms with E-state index in [1.54, 1.807) is 17.8 Å². The van der Waals surface area contributed by atoms with Crippen LogP contribution in [0.4, 0.5) is 0 Å². The molecular formula is C18H22N2O3S2. The lowest BCUT2D eigenvalue weighted by Crippen LogP contribution is -2.11. The molecule has 2 aromatic carbocycles. The number of hydrogen-bond acceptors (Lipinski definition) is 5. The Kier molecular flexibility index (Phi) is 6.66. The number of nitrogens with zero attached hydrogens (tertiary/aromatic N) is 1. The average Bonchev–Trinajstić information content (AvgIpc) is 2.54. The molecule has 0 fully saturated rings. The van der Waals surface area contributed by atoms with E-state index in [4.69, 9.17) is 9.88 Å². The van der Waals surface area contributed by atoms with Crippen molar-refractivity contribution in [3.05, 3.63) is 59.0 Å². The number of thioether (sulfide) groups is 1. The van der Waals surface area contributed by atoms with E-state index in [-0.39, 0.29) is 0 Å². The first-order chi connectivity index (χ1) is 11.8. The van der Waals surface area contributed by atoms with Crippen LogP contribution in [0.5, 0.6) is 11.5 Å². The van der Waals surface area contributed by atoms with E-state index in [0.29, 0.717) is 6.54 Å². The lowest BCUT2D eigenvalue weighted by Gasteiger charge is -2.16. The Bertz CT molecular complexity index is 845. The molecule has 0 radical (unpaired) electrons. The van der Waals surface area contributed by atoms with Crippen molar-refractivity contribution in [2.24, 2.45) is 5.14 Å². The number of benzene rings is 2. The van der Waals surface area contributed by atoms with Gasteiger partial charge in [-0.15, -0.1) is 11.8 Å². The largest absolute Gasteiger partial charge is 0.457 e. The van der Waals surface area contributed by atoms with Gasteiger partial charge in [0.1, 0.15) is 11.5 Å². The van der Waals surface area contributed by atoms with Crippen LogP contribution in [-0.4, -0.2) is 33.7 Å². The summed E-state index contributed by atoms with van der Waals surface area (Å²) < 4.78 is 28.2. The van der Waals surface area contributed by atoms with Gasteiger partial charge in [-0.1, -0.05) is 6.07 Å². The highest BCUT2D eigenvalue weighted by Crippen LogP contribution is 2.29. The van der Waals surface area contributed by atoms with Gasteiger partial charge in [0.05, 0.1) is 0 Å². The summed E-state index contributed by atoms with van der Waals surface area (Å²) in [5.74, 6) is 1.49. The molecule has 134 valence electrons. The summed E-state index contributed by atoms with van der Waals surface area (Å²) in [6.07, 6.45) is 3.50. The Balaban J connectivity index is 2.30. The highest BCUT2D eigenvalue weighted by atomic mass is 32.2. The van der Waals surface area contributed by atoms with Crippen molar-refractivity contribution in [1.29, 1.82) is 0 Å². The topological polar surface area (TPSA) is 72.6 Å². The monoisotopic (exact) mass is 378 g/mol. The molecule has 7 heteroatoms. The summed E-state index contributed by atoms with van der Waals surface area (Å²) in [6.45, 7) is 0.662. The molecule has 2 N–H and O–H groups in total. The first-order valence-electron chi connectivity index (χ1n) is 7.57. The van der Waals surface area contributed by atoms with Crippen molar-refractivity contribution >= 4 is 27.9 Å². The molecule has 0 aliphatic heterocycles. The Morgan fingerprint density at radius 1 is 1.16 bits per heavy atom. The summed E-state index contributed by atoms with van der Waals surface area (Å²) >= 11 is 1.68. The molecular weight excluding hydrogens is 356 g/mol. The third-order valence-corrected chi connectivity index (χ3v) is 4.57. The smallest absolute Gasteiger partial charge is 0.231 e. The van der Waals surface area contributed by atoms with Gasteiger partial charge in [0.25, 0.3) is 0 Å². The zero-order chi connectivity index (χ0) is 18.4. The maximum atomic E-state index is 11.1. The van der Waals surface area contributed by atoms with Crippen molar-refractivity contribution in [3.8, 4) is 11.5 Å². The fourth-order valence-electron chi connectivity index (χ4n) is 2.21. The first-order valence-corrected chi connectivity index (χ1v) is 10.4. The Labute approximate surface area is 153 Å². The van der Waals surface area contributed by atoms with Crippen LogP contribution in [0, 0.1) is 0 Å². The molecule has 2 rings (SSSR count). The maximum absolute atomic E-state index is 11.1. The van der Waals surface area contributed by atoms with Gasteiger partial charge in [0.15, 0.2) is 0 Å². The van der Waals surface area contributed by atoms with E-state index in [9.17, 15) is 8.42 Å². The first kappa shape index (κ1) is 19.5. The number of primary sulfonamides is 1. The lowest BCUT2D eigenvalue weighted by molar-refractivity contribution is 0.388. The van der Waals surface area contributed by atoms with Gasteiger partial charge < -0.3 is 9.64 Å². The fourth-order valence-corrected chi connectivity index (χ4v) is 2.97. The van der Waals surface area contributed by atoms with Gasteiger partial charge in [-0.25, -0.2) is 13.6 Å². The van der Waals surface area contributed by atoms with E-state index in [1.807, 2.05) is 61.6 Å². The van der Waals surface area contributed by atoms with E-state index >= 15 is 0 Å². The highest BCUT2D eigenvalue weighted by Gasteiger charge is 2.08. The number of ether oxygens (including phenoxy) is 1. The zero-order valence-electron chi connectivity index (χ0n) is 14.5. The van der Waals surface area contributed by atoms with Crippen LogP contribution in [0.1, 0.15) is 11.1 Å². The minimum atomic E-state index is -3.65. The standard InChI is InChI=1S/C18H22N2O3S2/c1-20(2)13-15-12-14(10-11-25(19,21)22)4-9-18(15)23-16-5-7-17(24-3)8-6-16/h4-12H,13H2,1-3H3,(H2,19,21,22)/b11-10+. The molecule has 0 unspecified atom stereocenters. The van der Waals surface area contributed by atoms with Crippen molar-refractivity contribution < 1.29 is 13.2 Å². The van der Waals surface area contributed by atoms with Gasteiger partial charge in [-0.05, 0) is 68.4 Å². The normalized spacial score (nSPS) is 12.0. The van der Waals surface area contributed by atoms with Gasteiger partial charge in [-0.3, -0.25) is 0 Å². The van der Waals surface area contributed by atoms with E-state index in [2.05, 4.69) is 0 Å². The summed E-state index contributed by atoms with van der Waals surface area (Å²) in [7, 11) is 0.277. The number of sulfonamides is 1. The predicted molar refractivity (Wildman–Crippen MR) is 104 cm³/mol. The van der Waals surface area contributed by atoms with Crippen LogP contribution in [-0.2, 0) is 16.6 Å². The Morgan fingerprint density at radius 3 is 2.40 bits per heavy atom. The molecule has 2 aromatic rings. The zero-order valence-corrected chi connectivity index (χ0v) is 16.1. The number of nitrogens with two attached hydrogens (primary N) is 1. The summed E-state index contributed by atoms with van der Waals surface area (Å²) in [5.41, 5.74) is 1.70. The lowest BCUT2D eigenvalue weighted by atomic mass is 10.1. The Hall–Kier alpha value is -1.80. The highest BCUT2D eigenvalue weighted by molar-refractivity contribution is 7.98. The summed E-state index contributed by atoms with van der Waals surface area (Å²) in [5, 5.41) is 6.00. The van der Waals surface area contributed by atoms with Crippen molar-refractivity contribution in [2.75, 3.05) is 20.4 Å². The SMILES string of the molecule is CSc1ccc(Oc2ccc(/C=C/S(N)(=O)=O)cc2CN(C)C)cc1. The van der Waals surface area contributed by atoms with Crippen LogP contribution < -0.4 is 9.88 Å². The second-order valence-corrected chi connectivity index (χ2v) is 8.10. The third kappa shape index (κ3) is 6.55. The molecule has 0 spiro atoms. The summed E-state index contributed by atoms with van der Waals surface area (Å²) in [6, 6.07) is 13.4. The molecule has 0 atom stereocenters. The maximum Gasteiger partial charge on any atom is 0.231 e. The van der Waals surface area contributed by atoms with Gasteiger partial charge in [0, 0.05) is 22.4 Å². The van der Waals surface area contributed by atoms with Crippen LogP contribution in [0.15, 0.2) is 52.8 Å². The minimum absolute atomic E-state index is 0.662. The molecule has 0 saturated heterocycles. The predicted octanol–water partition coefficient (Wildman–Crippen LogP) is 3.52. The number of rotatable bonds is 7. The molecule has 0 aromatic heterocycles. The third-order valence-electron chi connectivity index (χ3n) is 3.31. The summed E-state index contributed by atoms with van der Waals surface area (Å²) in [4.78, 5) is 3.19. The quantitative estimate of drug-likeness (QED) is 0.746. The van der Waals surface area contributed by atoms with Crippen molar-refractivity contribution in [1.82, 2.24) is 4.90 Å². The average molecular weight is 379 g/mol. The molecule has 0 heterocycles. The van der Waals surface area contributed by atoms with Gasteiger partial charge in [0.2, 0.25) is 10.0 Å². The molecule has 25 heavy (non-hydrogen) atoms. The van der Waals surface area contributed by atoms with Crippen molar-refractivity contribution in [2.45, 2.75) is 11.4 Å². The van der Waals surface area contributed by atoms with Gasteiger partial charge >= 0.3 is 0 Å². The second kappa shape index (κ2) is 8.53. The van der Waals surface area contributed by atoms with Gasteiger partial charge in [-0.2, -0.15) is 0 Å². The molecule has 0 aliphatic rings. The molecule has 0 amide bonds. The van der Waals surface area contributed by atoms with E-state index < -0.39 is 10.0 Å². The van der Waals surface area contributed by atoms with Crippen LogP contribution >= 0.6 is 11.8 Å². The van der Waals surface area contributed by atoms with Crippen molar-refractivity contribution in [3.63, 3.8) is 0 Å². The fraction of sp³-hybridized carbons (Fsp3) is 0.222. The molecule has 0 saturated carbocycles. The van der Waals surface area contributed by atoms with Crippen LogP contribution in [0.25, 0.3) is 6.08 Å². The Morgan fingerprint density at radius 2 is 1.84 bits per heavy atom. The van der Waals surface area contributed by atoms with E-state index in [1.165, 1.54) is 11.0 Å². The number of hydrogen-bond donors (Lipinski definition) is 1. The second-order valence-electron chi connectivity index (χ2n) is 5.77. The molecule has 0 aliphatic carbocycles. The van der Waals surface area contributed by atoms with E-state index in [0.717, 1.165) is 28.0 Å². The molecule has 5 nitrogen and oxygen atoms in total.